The van der Waals surface area contributed by atoms with Crippen molar-refractivity contribution in [1.29, 1.82) is 0 Å². The summed E-state index contributed by atoms with van der Waals surface area (Å²) in [5.41, 5.74) is 9.65. The Morgan fingerprint density at radius 1 is 0.950 bits per heavy atom. The van der Waals surface area contributed by atoms with Crippen LogP contribution in [0.15, 0.2) is 89.9 Å². The molecule has 0 aliphatic rings. The summed E-state index contributed by atoms with van der Waals surface area (Å²) in [6.07, 6.45) is 2.41. The molecule has 8 heteroatoms. The van der Waals surface area contributed by atoms with E-state index >= 15 is 0 Å². The summed E-state index contributed by atoms with van der Waals surface area (Å²) in [7, 11) is 0. The molecule has 5 aromatic rings. The van der Waals surface area contributed by atoms with Crippen LogP contribution in [0.5, 0.6) is 0 Å². The van der Waals surface area contributed by atoms with Crippen molar-refractivity contribution in [3.05, 3.63) is 123 Å². The van der Waals surface area contributed by atoms with Crippen molar-refractivity contribution in [3.8, 4) is 22.3 Å². The van der Waals surface area contributed by atoms with Gasteiger partial charge in [-0.15, -0.1) is 4.73 Å². The minimum absolute atomic E-state index is 0.0150. The Hall–Kier alpha value is -4.82. The summed E-state index contributed by atoms with van der Waals surface area (Å²) < 4.78 is 20.0. The second-order valence-electron chi connectivity index (χ2n) is 9.37. The largest absolute Gasteiger partial charge is 0.462 e. The number of hydrogen-bond donors (Lipinski definition) is 2. The maximum Gasteiger partial charge on any atom is 0.344 e. The zero-order valence-electron chi connectivity index (χ0n) is 21.9. The van der Waals surface area contributed by atoms with Crippen molar-refractivity contribution < 1.29 is 19.1 Å². The molecule has 2 heterocycles. The van der Waals surface area contributed by atoms with Crippen LogP contribution in [-0.2, 0) is 24.1 Å². The number of esters is 1. The van der Waals surface area contributed by atoms with Gasteiger partial charge >= 0.3 is 5.97 Å². The maximum atomic E-state index is 14.4. The predicted molar refractivity (Wildman–Crippen MR) is 152 cm³/mol. The maximum absolute atomic E-state index is 14.4. The van der Waals surface area contributed by atoms with Gasteiger partial charge in [0.2, 0.25) is 0 Å². The van der Waals surface area contributed by atoms with Gasteiger partial charge in [0, 0.05) is 23.7 Å². The van der Waals surface area contributed by atoms with Crippen LogP contribution in [0.3, 0.4) is 0 Å². The molecule has 0 aliphatic heterocycles. The topological polar surface area (TPSA) is 107 Å². The first-order chi connectivity index (χ1) is 19.4. The van der Waals surface area contributed by atoms with E-state index in [0.717, 1.165) is 22.3 Å². The minimum atomic E-state index is -0.926. The van der Waals surface area contributed by atoms with Crippen LogP contribution in [0.25, 0.3) is 33.3 Å². The number of pyridine rings is 2. The molecule has 0 amide bonds. The van der Waals surface area contributed by atoms with Gasteiger partial charge in [0.1, 0.15) is 11.4 Å². The van der Waals surface area contributed by atoms with Crippen LogP contribution < -0.4 is 11.3 Å². The highest BCUT2D eigenvalue weighted by Gasteiger charge is 2.25. The third kappa shape index (κ3) is 5.21. The first-order valence-corrected chi connectivity index (χ1v) is 13.0. The van der Waals surface area contributed by atoms with Crippen molar-refractivity contribution in [2.24, 2.45) is 5.73 Å². The monoisotopic (exact) mass is 537 g/mol. The molecule has 3 aromatic carbocycles. The van der Waals surface area contributed by atoms with E-state index < -0.39 is 11.5 Å². The van der Waals surface area contributed by atoms with Crippen LogP contribution >= 0.6 is 0 Å². The molecular formula is C32H28FN3O4. The molecule has 2 aromatic heterocycles. The third-order valence-corrected chi connectivity index (χ3v) is 6.84. The quantitative estimate of drug-likeness (QED) is 0.199. The summed E-state index contributed by atoms with van der Waals surface area (Å²) in [4.78, 5) is 30.6. The number of carbonyl (C=O) groups is 1. The molecule has 0 saturated carbocycles. The average Bonchev–Trinajstić information content (AvgIpc) is 2.98. The number of carbonyl (C=O) groups excluding carboxylic acids is 1. The van der Waals surface area contributed by atoms with Gasteiger partial charge in [-0.2, -0.15) is 0 Å². The Morgan fingerprint density at radius 3 is 2.42 bits per heavy atom. The molecule has 40 heavy (non-hydrogen) atoms. The molecule has 3 N–H and O–H groups in total. The lowest BCUT2D eigenvalue weighted by Crippen LogP contribution is -2.28. The number of hydrogen-bond acceptors (Lipinski definition) is 6. The van der Waals surface area contributed by atoms with Crippen LogP contribution in [0.1, 0.15) is 34.0 Å². The van der Waals surface area contributed by atoms with Crippen LogP contribution in [0, 0.1) is 5.82 Å². The molecule has 0 unspecified atom stereocenters. The normalized spacial score (nSPS) is 11.1. The lowest BCUT2D eigenvalue weighted by Gasteiger charge is -2.16. The first kappa shape index (κ1) is 26.8. The second-order valence-corrected chi connectivity index (χ2v) is 9.37. The standard InChI is InChI=1S/C32H28FN3O4/c1-2-40-32(38)29-28(26-7-5-15-35-30(26)36(39)31(29)37)25-17-21(11-14-23-6-3-4-8-27(23)33)16-24(18-25)22-12-9-20(19-34)10-13-22/h3-10,12-13,15-18,39H,2,11,14,19,34H2,1H3. The molecule has 0 bridgehead atoms. The SMILES string of the molecule is CCOC(=O)c1c(-c2cc(CCc3ccccc3F)cc(-c3ccc(CN)cc3)c2)c2cccnc2n(O)c1=O. The Kier molecular flexibility index (Phi) is 7.70. The van der Waals surface area contributed by atoms with Crippen LogP contribution in [-0.4, -0.2) is 27.5 Å². The number of aromatic nitrogens is 2. The number of halogens is 1. The Bertz CT molecular complexity index is 1760. The van der Waals surface area contributed by atoms with E-state index in [1.165, 1.54) is 12.3 Å². The molecule has 0 aliphatic carbocycles. The van der Waals surface area contributed by atoms with Gasteiger partial charge in [0.15, 0.2) is 5.65 Å². The second kappa shape index (κ2) is 11.5. The number of nitrogens with two attached hydrogens (primary N) is 1. The van der Waals surface area contributed by atoms with Crippen LogP contribution in [0.4, 0.5) is 4.39 Å². The Labute approximate surface area is 230 Å². The van der Waals surface area contributed by atoms with E-state index in [2.05, 4.69) is 4.98 Å². The van der Waals surface area contributed by atoms with Crippen molar-refractivity contribution >= 4 is 17.0 Å². The van der Waals surface area contributed by atoms with Gasteiger partial charge in [0.05, 0.1) is 6.61 Å². The summed E-state index contributed by atoms with van der Waals surface area (Å²) in [6, 6.07) is 23.6. The summed E-state index contributed by atoms with van der Waals surface area (Å²) in [6.45, 7) is 2.10. The molecule has 7 nitrogen and oxygen atoms in total. The molecule has 0 saturated heterocycles. The van der Waals surface area contributed by atoms with Crippen molar-refractivity contribution in [2.45, 2.75) is 26.3 Å². The van der Waals surface area contributed by atoms with Gasteiger partial charge in [-0.25, -0.2) is 14.2 Å². The molecule has 0 atom stereocenters. The highest BCUT2D eigenvalue weighted by atomic mass is 19.1. The van der Waals surface area contributed by atoms with E-state index in [9.17, 15) is 19.2 Å². The lowest BCUT2D eigenvalue weighted by atomic mass is 9.90. The molecule has 0 spiro atoms. The summed E-state index contributed by atoms with van der Waals surface area (Å²) in [5.74, 6) is -1.12. The number of rotatable bonds is 8. The minimum Gasteiger partial charge on any atom is -0.462 e. The number of aryl methyl sites for hydroxylation is 2. The van der Waals surface area contributed by atoms with Gasteiger partial charge in [-0.1, -0.05) is 54.6 Å². The summed E-state index contributed by atoms with van der Waals surface area (Å²) in [5, 5.41) is 11.0. The van der Waals surface area contributed by atoms with E-state index in [1.54, 1.807) is 37.3 Å². The van der Waals surface area contributed by atoms with Crippen molar-refractivity contribution in [1.82, 2.24) is 9.71 Å². The summed E-state index contributed by atoms with van der Waals surface area (Å²) >= 11 is 0. The molecule has 5 rings (SSSR count). The van der Waals surface area contributed by atoms with Crippen molar-refractivity contribution in [3.63, 3.8) is 0 Å². The van der Waals surface area contributed by atoms with Gasteiger partial charge in [0.25, 0.3) is 5.56 Å². The highest BCUT2D eigenvalue weighted by molar-refractivity contribution is 6.06. The first-order valence-electron chi connectivity index (χ1n) is 13.0. The highest BCUT2D eigenvalue weighted by Crippen LogP contribution is 2.34. The number of nitrogens with zero attached hydrogens (tertiary/aromatic N) is 2. The van der Waals surface area contributed by atoms with E-state index in [0.29, 0.717) is 46.2 Å². The number of fused-ring (bicyclic) bond motifs is 1. The fraction of sp³-hybridized carbons (Fsp3) is 0.156. The average molecular weight is 538 g/mol. The Balaban J connectivity index is 1.75. The zero-order valence-corrected chi connectivity index (χ0v) is 21.9. The zero-order chi connectivity index (χ0) is 28.2. The fourth-order valence-electron chi connectivity index (χ4n) is 4.86. The fourth-order valence-corrected chi connectivity index (χ4v) is 4.86. The van der Waals surface area contributed by atoms with Crippen molar-refractivity contribution in [2.75, 3.05) is 6.61 Å². The van der Waals surface area contributed by atoms with E-state index in [-0.39, 0.29) is 23.6 Å². The smallest absolute Gasteiger partial charge is 0.344 e. The predicted octanol–water partition coefficient (Wildman–Crippen LogP) is 5.53. The molecule has 0 fully saturated rings. The number of ether oxygens (including phenoxy) is 1. The molecule has 0 radical (unpaired) electrons. The lowest BCUT2D eigenvalue weighted by molar-refractivity contribution is 0.0520. The van der Waals surface area contributed by atoms with Crippen LogP contribution in [0.2, 0.25) is 0 Å². The van der Waals surface area contributed by atoms with E-state index in [1.807, 2.05) is 42.5 Å². The third-order valence-electron chi connectivity index (χ3n) is 6.84. The Morgan fingerprint density at radius 2 is 1.70 bits per heavy atom. The molecular weight excluding hydrogens is 509 g/mol. The number of benzene rings is 3. The van der Waals surface area contributed by atoms with Gasteiger partial charge in [-0.3, -0.25) is 4.79 Å². The molecule has 202 valence electrons. The van der Waals surface area contributed by atoms with Gasteiger partial charge < -0.3 is 15.7 Å². The van der Waals surface area contributed by atoms with Gasteiger partial charge in [-0.05, 0) is 77.4 Å². The van der Waals surface area contributed by atoms with E-state index in [4.69, 9.17) is 10.5 Å².